The summed E-state index contributed by atoms with van der Waals surface area (Å²) in [5.41, 5.74) is 2.24. The molecule has 0 unspecified atom stereocenters. The Kier molecular flexibility index (Phi) is 5.58. The first-order valence-corrected chi connectivity index (χ1v) is 7.29. The Bertz CT molecular complexity index is 802. The molecule has 122 valence electrons. The van der Waals surface area contributed by atoms with Crippen LogP contribution in [-0.4, -0.2) is 20.1 Å². The highest BCUT2D eigenvalue weighted by molar-refractivity contribution is 6.10. The molecule has 0 aliphatic heterocycles. The van der Waals surface area contributed by atoms with Crippen LogP contribution in [-0.2, 0) is 4.79 Å². The molecule has 24 heavy (non-hydrogen) atoms. The monoisotopic (exact) mass is 322 g/mol. The van der Waals surface area contributed by atoms with E-state index < -0.39 is 5.91 Å². The van der Waals surface area contributed by atoms with E-state index in [9.17, 15) is 10.1 Å². The highest BCUT2D eigenvalue weighted by atomic mass is 16.5. The van der Waals surface area contributed by atoms with E-state index in [2.05, 4.69) is 5.32 Å². The van der Waals surface area contributed by atoms with Crippen LogP contribution in [0.25, 0.3) is 6.08 Å². The van der Waals surface area contributed by atoms with Gasteiger partial charge in [-0.25, -0.2) is 0 Å². The number of amides is 1. The van der Waals surface area contributed by atoms with Crippen LogP contribution in [0.15, 0.2) is 48.0 Å². The number of anilines is 1. The molecule has 0 saturated carbocycles. The van der Waals surface area contributed by atoms with Gasteiger partial charge in [-0.2, -0.15) is 5.26 Å². The first-order valence-electron chi connectivity index (χ1n) is 7.29. The quantitative estimate of drug-likeness (QED) is 0.675. The van der Waals surface area contributed by atoms with Gasteiger partial charge in [0.15, 0.2) is 0 Å². The highest BCUT2D eigenvalue weighted by Gasteiger charge is 2.12. The molecule has 2 rings (SSSR count). The molecule has 1 N–H and O–H groups in total. The molecule has 0 aliphatic rings. The average molecular weight is 322 g/mol. The predicted molar refractivity (Wildman–Crippen MR) is 92.9 cm³/mol. The Morgan fingerprint density at radius 3 is 2.42 bits per heavy atom. The van der Waals surface area contributed by atoms with Gasteiger partial charge in [0.05, 0.1) is 19.9 Å². The lowest BCUT2D eigenvalue weighted by molar-refractivity contribution is -0.112. The molecule has 2 aromatic rings. The third kappa shape index (κ3) is 4.14. The molecule has 0 aliphatic carbocycles. The minimum Gasteiger partial charge on any atom is -0.497 e. The SMILES string of the molecule is COc1ccc(/C=C(\C#N)C(=O)Nc2cc(C)ccc2OC)cc1. The fourth-order valence-electron chi connectivity index (χ4n) is 2.12. The van der Waals surface area contributed by atoms with Crippen molar-refractivity contribution in [2.24, 2.45) is 0 Å². The number of nitriles is 1. The zero-order valence-electron chi connectivity index (χ0n) is 13.8. The summed E-state index contributed by atoms with van der Waals surface area (Å²) in [6, 6.07) is 14.5. The number of benzene rings is 2. The predicted octanol–water partition coefficient (Wildman–Crippen LogP) is 3.56. The molecule has 0 spiro atoms. The molecule has 0 bridgehead atoms. The van der Waals surface area contributed by atoms with Gasteiger partial charge in [0.2, 0.25) is 0 Å². The fourth-order valence-corrected chi connectivity index (χ4v) is 2.12. The van der Waals surface area contributed by atoms with E-state index in [0.29, 0.717) is 17.2 Å². The molecule has 0 saturated heterocycles. The van der Waals surface area contributed by atoms with Gasteiger partial charge in [0.1, 0.15) is 23.1 Å². The van der Waals surface area contributed by atoms with Crippen LogP contribution in [0.2, 0.25) is 0 Å². The zero-order chi connectivity index (χ0) is 17.5. The smallest absolute Gasteiger partial charge is 0.266 e. The normalized spacial score (nSPS) is 10.7. The van der Waals surface area contributed by atoms with Crippen molar-refractivity contribution in [1.82, 2.24) is 0 Å². The van der Waals surface area contributed by atoms with E-state index >= 15 is 0 Å². The van der Waals surface area contributed by atoms with Gasteiger partial charge >= 0.3 is 0 Å². The standard InChI is InChI=1S/C19H18N2O3/c1-13-4-9-18(24-3)17(10-13)21-19(22)15(12-20)11-14-5-7-16(23-2)8-6-14/h4-11H,1-3H3,(H,21,22)/b15-11+. The largest absolute Gasteiger partial charge is 0.497 e. The molecule has 5 heteroatoms. The van der Waals surface area contributed by atoms with Crippen LogP contribution < -0.4 is 14.8 Å². The summed E-state index contributed by atoms with van der Waals surface area (Å²) in [6.07, 6.45) is 1.52. The van der Waals surface area contributed by atoms with Crippen molar-refractivity contribution in [3.63, 3.8) is 0 Å². The zero-order valence-corrected chi connectivity index (χ0v) is 13.8. The fraction of sp³-hybridized carbons (Fsp3) is 0.158. The summed E-state index contributed by atoms with van der Waals surface area (Å²) in [7, 11) is 3.10. The van der Waals surface area contributed by atoms with Gasteiger partial charge < -0.3 is 14.8 Å². The van der Waals surface area contributed by atoms with Gasteiger partial charge in [-0.1, -0.05) is 18.2 Å². The second-order valence-electron chi connectivity index (χ2n) is 5.10. The van der Waals surface area contributed by atoms with Crippen LogP contribution >= 0.6 is 0 Å². The summed E-state index contributed by atoms with van der Waals surface area (Å²) >= 11 is 0. The Balaban J connectivity index is 2.24. The topological polar surface area (TPSA) is 71.3 Å². The first-order chi connectivity index (χ1) is 11.6. The average Bonchev–Trinajstić information content (AvgIpc) is 2.60. The van der Waals surface area contributed by atoms with Gasteiger partial charge in [-0.05, 0) is 48.4 Å². The van der Waals surface area contributed by atoms with Crippen LogP contribution in [0, 0.1) is 18.3 Å². The summed E-state index contributed by atoms with van der Waals surface area (Å²) in [6.45, 7) is 1.91. The number of hydrogen-bond acceptors (Lipinski definition) is 4. The third-order valence-electron chi connectivity index (χ3n) is 3.40. The highest BCUT2D eigenvalue weighted by Crippen LogP contribution is 2.25. The van der Waals surface area contributed by atoms with Crippen molar-refractivity contribution in [1.29, 1.82) is 5.26 Å². The van der Waals surface area contributed by atoms with Gasteiger partial charge in [-0.15, -0.1) is 0 Å². The third-order valence-corrected chi connectivity index (χ3v) is 3.40. The maximum Gasteiger partial charge on any atom is 0.266 e. The number of aryl methyl sites for hydroxylation is 1. The van der Waals surface area contributed by atoms with Gasteiger partial charge in [-0.3, -0.25) is 4.79 Å². The maximum absolute atomic E-state index is 12.4. The van der Waals surface area contributed by atoms with Crippen molar-refractivity contribution in [3.8, 4) is 17.6 Å². The summed E-state index contributed by atoms with van der Waals surface area (Å²) in [4.78, 5) is 12.4. The molecule has 0 fully saturated rings. The van der Waals surface area contributed by atoms with E-state index in [0.717, 1.165) is 11.1 Å². The number of carbonyl (C=O) groups is 1. The summed E-state index contributed by atoms with van der Waals surface area (Å²) in [5.74, 6) is 0.757. The minimum absolute atomic E-state index is 0.00345. The van der Waals surface area contributed by atoms with Crippen molar-refractivity contribution in [3.05, 3.63) is 59.2 Å². The molecule has 0 atom stereocenters. The Labute approximate surface area is 141 Å². The second-order valence-corrected chi connectivity index (χ2v) is 5.10. The molecule has 1 amide bonds. The second kappa shape index (κ2) is 7.84. The lowest BCUT2D eigenvalue weighted by atomic mass is 10.1. The van der Waals surface area contributed by atoms with Crippen molar-refractivity contribution in [2.75, 3.05) is 19.5 Å². The number of methoxy groups -OCH3 is 2. The van der Waals surface area contributed by atoms with Crippen molar-refractivity contribution in [2.45, 2.75) is 6.92 Å². The molecule has 0 aromatic heterocycles. The number of carbonyl (C=O) groups excluding carboxylic acids is 1. The number of rotatable bonds is 5. The summed E-state index contributed by atoms with van der Waals surface area (Å²) in [5, 5.41) is 12.0. The maximum atomic E-state index is 12.4. The number of nitrogens with zero attached hydrogens (tertiary/aromatic N) is 1. The van der Waals surface area contributed by atoms with E-state index in [-0.39, 0.29) is 5.57 Å². The number of hydrogen-bond donors (Lipinski definition) is 1. The Morgan fingerprint density at radius 2 is 1.83 bits per heavy atom. The van der Waals surface area contributed by atoms with E-state index in [1.807, 2.05) is 19.1 Å². The van der Waals surface area contributed by atoms with Gasteiger partial charge in [0.25, 0.3) is 5.91 Å². The molecule has 0 heterocycles. The van der Waals surface area contributed by atoms with Crippen LogP contribution in [0.5, 0.6) is 11.5 Å². The van der Waals surface area contributed by atoms with E-state index in [4.69, 9.17) is 9.47 Å². The Hall–Kier alpha value is -3.26. The minimum atomic E-state index is -0.489. The molecule has 2 aromatic carbocycles. The van der Waals surface area contributed by atoms with Crippen molar-refractivity contribution < 1.29 is 14.3 Å². The summed E-state index contributed by atoms with van der Waals surface area (Å²) < 4.78 is 10.3. The number of nitrogens with one attached hydrogen (secondary N) is 1. The van der Waals surface area contributed by atoms with Gasteiger partial charge in [0, 0.05) is 0 Å². The van der Waals surface area contributed by atoms with Crippen molar-refractivity contribution >= 4 is 17.7 Å². The lowest BCUT2D eigenvalue weighted by Gasteiger charge is -2.10. The molecule has 5 nitrogen and oxygen atoms in total. The lowest BCUT2D eigenvalue weighted by Crippen LogP contribution is -2.14. The first kappa shape index (κ1) is 17.1. The molecule has 0 radical (unpaired) electrons. The van der Waals surface area contributed by atoms with Crippen LogP contribution in [0.3, 0.4) is 0 Å². The van der Waals surface area contributed by atoms with E-state index in [1.165, 1.54) is 13.2 Å². The number of ether oxygens (including phenoxy) is 2. The van der Waals surface area contributed by atoms with E-state index in [1.54, 1.807) is 43.5 Å². The Morgan fingerprint density at radius 1 is 1.12 bits per heavy atom. The molecular formula is C19H18N2O3. The van der Waals surface area contributed by atoms with Crippen LogP contribution in [0.4, 0.5) is 5.69 Å². The van der Waals surface area contributed by atoms with Crippen LogP contribution in [0.1, 0.15) is 11.1 Å². The molecular weight excluding hydrogens is 304 g/mol.